The molecule has 1 aromatic carbocycles. The molecule has 96 valence electrons. The number of hydrogen-bond donors (Lipinski definition) is 2. The Bertz CT molecular complexity index is 611. The van der Waals surface area contributed by atoms with Crippen molar-refractivity contribution in [3.8, 4) is 17.3 Å². The van der Waals surface area contributed by atoms with Crippen LogP contribution in [0.1, 0.15) is 12.2 Å². The maximum atomic E-state index is 11.2. The highest BCUT2D eigenvalue weighted by Gasteiger charge is 2.06. The van der Waals surface area contributed by atoms with Gasteiger partial charge in [-0.3, -0.25) is 4.79 Å². The summed E-state index contributed by atoms with van der Waals surface area (Å²) in [6, 6.07) is 10.4. The number of benzene rings is 1. The van der Waals surface area contributed by atoms with Gasteiger partial charge in [-0.05, 0) is 12.1 Å². The third-order valence-electron chi connectivity index (χ3n) is 2.42. The number of carbonyl (C=O) groups is 1. The summed E-state index contributed by atoms with van der Waals surface area (Å²) in [4.78, 5) is 11.2. The van der Waals surface area contributed by atoms with Gasteiger partial charge in [-0.15, -0.1) is 0 Å². The molecule has 0 fully saturated rings. The van der Waals surface area contributed by atoms with Crippen molar-refractivity contribution in [2.45, 2.75) is 13.0 Å². The largest absolute Gasteiger partial charge is 0.388 e. The van der Waals surface area contributed by atoms with Gasteiger partial charge in [0.1, 0.15) is 18.7 Å². The van der Waals surface area contributed by atoms with Gasteiger partial charge in [0.2, 0.25) is 5.91 Å². The molecule has 0 saturated carbocycles. The van der Waals surface area contributed by atoms with Crippen LogP contribution >= 0.6 is 0 Å². The number of rotatable bonds is 4. The quantitative estimate of drug-likeness (QED) is 0.868. The maximum Gasteiger partial charge on any atom is 0.238 e. The summed E-state index contributed by atoms with van der Waals surface area (Å²) < 4.78 is 4.89. The second-order valence-corrected chi connectivity index (χ2v) is 3.80. The van der Waals surface area contributed by atoms with Crippen molar-refractivity contribution < 1.29 is 14.4 Å². The number of hydrogen-bond acceptors (Lipinski definition) is 5. The summed E-state index contributed by atoms with van der Waals surface area (Å²) in [6.45, 7) is -0.199. The molecule has 0 aliphatic heterocycles. The molecule has 6 nitrogen and oxygen atoms in total. The predicted octanol–water partition coefficient (Wildman–Crippen LogP) is 1.69. The fraction of sp³-hybridized carbons (Fsp3) is 0.154. The Balaban J connectivity index is 2.10. The van der Waals surface area contributed by atoms with Gasteiger partial charge in [-0.25, -0.2) is 0 Å². The zero-order valence-corrected chi connectivity index (χ0v) is 9.96. The Morgan fingerprint density at radius 1 is 1.42 bits per heavy atom. The summed E-state index contributed by atoms with van der Waals surface area (Å²) in [5, 5.41) is 23.7. The summed E-state index contributed by atoms with van der Waals surface area (Å²) in [7, 11) is 0. The Morgan fingerprint density at radius 2 is 2.16 bits per heavy atom. The van der Waals surface area contributed by atoms with E-state index >= 15 is 0 Å². The molecule has 0 radical (unpaired) electrons. The Labute approximate surface area is 109 Å². The number of nitrogens with one attached hydrogen (secondary N) is 1. The summed E-state index contributed by atoms with van der Waals surface area (Å²) in [5.41, 5.74) is 2.02. The van der Waals surface area contributed by atoms with E-state index in [1.165, 1.54) is 0 Å². The van der Waals surface area contributed by atoms with Crippen molar-refractivity contribution in [2.24, 2.45) is 0 Å². The fourth-order valence-corrected chi connectivity index (χ4v) is 1.52. The van der Waals surface area contributed by atoms with Crippen molar-refractivity contribution >= 4 is 11.6 Å². The van der Waals surface area contributed by atoms with E-state index < -0.39 is 0 Å². The first-order chi connectivity index (χ1) is 9.22. The molecule has 0 atom stereocenters. The third kappa shape index (κ3) is 3.18. The van der Waals surface area contributed by atoms with Crippen LogP contribution in [0.4, 0.5) is 5.69 Å². The first kappa shape index (κ1) is 12.8. The van der Waals surface area contributed by atoms with Gasteiger partial charge in [0.05, 0.1) is 6.07 Å². The number of carbonyl (C=O) groups excluding carboxylic acids is 1. The van der Waals surface area contributed by atoms with Gasteiger partial charge >= 0.3 is 0 Å². The van der Waals surface area contributed by atoms with E-state index in [4.69, 9.17) is 14.9 Å². The van der Waals surface area contributed by atoms with Crippen LogP contribution in [0.15, 0.2) is 34.9 Å². The molecule has 0 aliphatic carbocycles. The van der Waals surface area contributed by atoms with Crippen LogP contribution in [-0.4, -0.2) is 16.2 Å². The second-order valence-electron chi connectivity index (χ2n) is 3.80. The molecular weight excluding hydrogens is 246 g/mol. The number of amides is 1. The molecule has 1 heterocycles. The molecule has 2 aromatic rings. The standard InChI is InChI=1S/C13H11N3O3/c14-6-5-13(18)15-10-3-1-9(2-4-10)12-7-11(8-17)19-16-12/h1-4,7,17H,5,8H2,(H,15,18). The van der Waals surface area contributed by atoms with Crippen molar-refractivity contribution in [3.05, 3.63) is 36.1 Å². The molecule has 19 heavy (non-hydrogen) atoms. The van der Waals surface area contributed by atoms with Crippen molar-refractivity contribution in [2.75, 3.05) is 5.32 Å². The molecule has 0 bridgehead atoms. The lowest BCUT2D eigenvalue weighted by Gasteiger charge is -2.03. The number of nitriles is 1. The zero-order valence-electron chi connectivity index (χ0n) is 9.96. The average molecular weight is 257 g/mol. The monoisotopic (exact) mass is 257 g/mol. The van der Waals surface area contributed by atoms with E-state index in [1.807, 2.05) is 0 Å². The van der Waals surface area contributed by atoms with Crippen LogP contribution in [0.5, 0.6) is 0 Å². The second kappa shape index (κ2) is 5.80. The van der Waals surface area contributed by atoms with Crippen molar-refractivity contribution in [1.29, 1.82) is 5.26 Å². The number of aliphatic hydroxyl groups excluding tert-OH is 1. The van der Waals surface area contributed by atoms with E-state index in [2.05, 4.69) is 10.5 Å². The zero-order chi connectivity index (χ0) is 13.7. The molecule has 1 aromatic heterocycles. The lowest BCUT2D eigenvalue weighted by atomic mass is 10.1. The first-order valence-electron chi connectivity index (χ1n) is 5.56. The van der Waals surface area contributed by atoms with Gasteiger partial charge in [-0.1, -0.05) is 17.3 Å². The van der Waals surface area contributed by atoms with E-state index in [0.717, 1.165) is 5.56 Å². The number of anilines is 1. The van der Waals surface area contributed by atoms with Gasteiger partial charge < -0.3 is 14.9 Å². The highest BCUT2D eigenvalue weighted by atomic mass is 16.5. The van der Waals surface area contributed by atoms with Crippen LogP contribution in [-0.2, 0) is 11.4 Å². The van der Waals surface area contributed by atoms with Crippen LogP contribution in [0.25, 0.3) is 11.3 Å². The topological polar surface area (TPSA) is 99.2 Å². The third-order valence-corrected chi connectivity index (χ3v) is 2.42. The predicted molar refractivity (Wildman–Crippen MR) is 66.7 cm³/mol. The highest BCUT2D eigenvalue weighted by Crippen LogP contribution is 2.21. The molecule has 1 amide bonds. The average Bonchev–Trinajstić information content (AvgIpc) is 2.88. The van der Waals surface area contributed by atoms with E-state index in [0.29, 0.717) is 17.1 Å². The van der Waals surface area contributed by atoms with E-state index in [1.54, 1.807) is 36.4 Å². The summed E-state index contributed by atoms with van der Waals surface area (Å²) in [6.07, 6.45) is -0.176. The smallest absolute Gasteiger partial charge is 0.238 e. The lowest BCUT2D eigenvalue weighted by Crippen LogP contribution is -2.09. The van der Waals surface area contributed by atoms with Crippen LogP contribution < -0.4 is 5.32 Å². The number of nitrogens with zero attached hydrogens (tertiary/aromatic N) is 2. The fourth-order valence-electron chi connectivity index (χ4n) is 1.52. The summed E-state index contributed by atoms with van der Waals surface area (Å²) in [5.74, 6) is 0.0423. The molecule has 0 aliphatic rings. The molecule has 0 unspecified atom stereocenters. The first-order valence-corrected chi connectivity index (χ1v) is 5.56. The van der Waals surface area contributed by atoms with Crippen molar-refractivity contribution in [1.82, 2.24) is 5.16 Å². The Kier molecular flexibility index (Phi) is 3.90. The SMILES string of the molecule is N#CCC(=O)Nc1ccc(-c2cc(CO)on2)cc1. The summed E-state index contributed by atoms with van der Waals surface area (Å²) >= 11 is 0. The lowest BCUT2D eigenvalue weighted by molar-refractivity contribution is -0.115. The molecule has 0 spiro atoms. The molecule has 6 heteroatoms. The van der Waals surface area contributed by atoms with Crippen LogP contribution in [0, 0.1) is 11.3 Å². The van der Waals surface area contributed by atoms with Gasteiger partial charge in [0, 0.05) is 17.3 Å². The normalized spacial score (nSPS) is 9.89. The van der Waals surface area contributed by atoms with Crippen LogP contribution in [0.3, 0.4) is 0 Å². The van der Waals surface area contributed by atoms with E-state index in [9.17, 15) is 4.79 Å². The Morgan fingerprint density at radius 3 is 2.74 bits per heavy atom. The molecular formula is C13H11N3O3. The van der Waals surface area contributed by atoms with Crippen LogP contribution in [0.2, 0.25) is 0 Å². The Hall–Kier alpha value is -2.65. The highest BCUT2D eigenvalue weighted by molar-refractivity contribution is 5.92. The minimum atomic E-state index is -0.348. The molecule has 2 N–H and O–H groups in total. The maximum absolute atomic E-state index is 11.2. The van der Waals surface area contributed by atoms with Gasteiger partial charge in [0.25, 0.3) is 0 Å². The van der Waals surface area contributed by atoms with Gasteiger partial charge in [-0.2, -0.15) is 5.26 Å². The van der Waals surface area contributed by atoms with Crippen molar-refractivity contribution in [3.63, 3.8) is 0 Å². The van der Waals surface area contributed by atoms with E-state index in [-0.39, 0.29) is 18.9 Å². The number of aromatic nitrogens is 1. The molecule has 2 rings (SSSR count). The van der Waals surface area contributed by atoms with Gasteiger partial charge in [0.15, 0.2) is 5.76 Å². The minimum absolute atomic E-state index is 0.176. The number of aliphatic hydroxyl groups is 1. The molecule has 0 saturated heterocycles. The minimum Gasteiger partial charge on any atom is -0.388 e.